The van der Waals surface area contributed by atoms with Gasteiger partial charge in [-0.2, -0.15) is 0 Å². The van der Waals surface area contributed by atoms with E-state index in [0.717, 1.165) is 44.8 Å². The van der Waals surface area contributed by atoms with Gasteiger partial charge in [0, 0.05) is 54.7 Å². The summed E-state index contributed by atoms with van der Waals surface area (Å²) in [5.41, 5.74) is 7.48. The predicted octanol–water partition coefficient (Wildman–Crippen LogP) is 8.71. The van der Waals surface area contributed by atoms with Gasteiger partial charge in [-0.15, -0.1) is 0 Å². The monoisotopic (exact) mass is 472 g/mol. The number of aromatic nitrogens is 2. The van der Waals surface area contributed by atoms with Gasteiger partial charge in [0.25, 0.3) is 0 Å². The maximum Gasteiger partial charge on any atom is 0.0732 e. The quantitative estimate of drug-likeness (QED) is 0.297. The number of benzene rings is 2. The maximum absolute atomic E-state index is 6.14. The topological polar surface area (TPSA) is 25.8 Å². The van der Waals surface area contributed by atoms with Gasteiger partial charge in [0.1, 0.15) is 0 Å². The Bertz CT molecular complexity index is 1130. The molecule has 4 aromatic rings. The van der Waals surface area contributed by atoms with Crippen molar-refractivity contribution in [1.29, 1.82) is 0 Å². The summed E-state index contributed by atoms with van der Waals surface area (Å²) < 4.78 is 0. The van der Waals surface area contributed by atoms with Crippen LogP contribution in [0.2, 0.25) is 20.1 Å². The molecule has 0 radical (unpaired) electrons. The Balaban J connectivity index is 1.71. The fourth-order valence-corrected chi connectivity index (χ4v) is 4.50. The third-order valence-corrected chi connectivity index (χ3v) is 5.63. The molecule has 0 unspecified atom stereocenters. The first-order chi connectivity index (χ1) is 14.3. The van der Waals surface area contributed by atoms with Crippen molar-refractivity contribution in [2.75, 3.05) is 0 Å². The van der Waals surface area contributed by atoms with Crippen molar-refractivity contribution in [1.82, 2.24) is 9.97 Å². The highest BCUT2D eigenvalue weighted by Gasteiger charge is 2.11. The SMILES string of the molecule is Cc1cc(-c2cnc(-c3cc(Cl)cc(Cl)c3)c(C)c2)cnc1-c1cc(Cl)cc(Cl)c1. The van der Waals surface area contributed by atoms with E-state index in [1.54, 1.807) is 12.1 Å². The van der Waals surface area contributed by atoms with Crippen molar-refractivity contribution >= 4 is 46.4 Å². The summed E-state index contributed by atoms with van der Waals surface area (Å²) in [7, 11) is 0. The molecule has 4 rings (SSSR count). The minimum atomic E-state index is 0.583. The number of aryl methyl sites for hydroxylation is 2. The molecule has 0 saturated heterocycles. The zero-order chi connectivity index (χ0) is 21.4. The number of rotatable bonds is 3. The normalized spacial score (nSPS) is 11.0. The van der Waals surface area contributed by atoms with Crippen LogP contribution in [0.5, 0.6) is 0 Å². The van der Waals surface area contributed by atoms with Crippen molar-refractivity contribution in [3.8, 4) is 33.6 Å². The molecule has 0 aliphatic carbocycles. The molecule has 0 saturated carbocycles. The van der Waals surface area contributed by atoms with Crippen LogP contribution >= 0.6 is 46.4 Å². The van der Waals surface area contributed by atoms with Crippen LogP contribution in [0.3, 0.4) is 0 Å². The van der Waals surface area contributed by atoms with Gasteiger partial charge in [-0.25, -0.2) is 0 Å². The lowest BCUT2D eigenvalue weighted by atomic mass is 10.00. The Morgan fingerprint density at radius 2 is 0.800 bits per heavy atom. The fraction of sp³-hybridized carbons (Fsp3) is 0.0833. The fourth-order valence-electron chi connectivity index (χ4n) is 3.45. The lowest BCUT2D eigenvalue weighted by Gasteiger charge is -2.11. The summed E-state index contributed by atoms with van der Waals surface area (Å²) in [5, 5.41) is 2.33. The van der Waals surface area contributed by atoms with Crippen LogP contribution < -0.4 is 0 Å². The van der Waals surface area contributed by atoms with Crippen molar-refractivity contribution in [2.45, 2.75) is 13.8 Å². The van der Waals surface area contributed by atoms with E-state index in [2.05, 4.69) is 22.1 Å². The molecular weight excluding hydrogens is 458 g/mol. The number of halogens is 4. The lowest BCUT2D eigenvalue weighted by molar-refractivity contribution is 1.24. The van der Waals surface area contributed by atoms with Gasteiger partial charge in [-0.05, 0) is 73.5 Å². The second kappa shape index (κ2) is 8.56. The van der Waals surface area contributed by atoms with Crippen LogP contribution in [0.4, 0.5) is 0 Å². The summed E-state index contributed by atoms with van der Waals surface area (Å²) in [5.74, 6) is 0. The molecule has 0 N–H and O–H groups in total. The highest BCUT2D eigenvalue weighted by Crippen LogP contribution is 2.32. The van der Waals surface area contributed by atoms with Gasteiger partial charge in [0.2, 0.25) is 0 Å². The van der Waals surface area contributed by atoms with E-state index < -0.39 is 0 Å². The third kappa shape index (κ3) is 4.48. The molecule has 6 heteroatoms. The van der Waals surface area contributed by atoms with E-state index in [1.165, 1.54) is 0 Å². The first-order valence-corrected chi connectivity index (χ1v) is 10.7. The number of hydrogen-bond donors (Lipinski definition) is 0. The van der Waals surface area contributed by atoms with E-state index in [0.29, 0.717) is 20.1 Å². The Morgan fingerprint density at radius 1 is 0.467 bits per heavy atom. The predicted molar refractivity (Wildman–Crippen MR) is 128 cm³/mol. The molecule has 0 amide bonds. The summed E-state index contributed by atoms with van der Waals surface area (Å²) in [6.07, 6.45) is 3.67. The largest absolute Gasteiger partial charge is 0.255 e. The zero-order valence-corrected chi connectivity index (χ0v) is 19.2. The number of hydrogen-bond acceptors (Lipinski definition) is 2. The Hall–Kier alpha value is -2.10. The second-order valence-electron chi connectivity index (χ2n) is 7.10. The van der Waals surface area contributed by atoms with Crippen LogP contribution in [0.15, 0.2) is 60.9 Å². The lowest BCUT2D eigenvalue weighted by Crippen LogP contribution is -1.93. The molecule has 2 aromatic heterocycles. The van der Waals surface area contributed by atoms with Gasteiger partial charge in [0.15, 0.2) is 0 Å². The number of nitrogens with zero attached hydrogens (tertiary/aromatic N) is 2. The molecule has 0 aliphatic heterocycles. The summed E-state index contributed by atoms with van der Waals surface area (Å²) in [6, 6.07) is 15.0. The first-order valence-electron chi connectivity index (χ1n) is 9.17. The highest BCUT2D eigenvalue weighted by atomic mass is 35.5. The summed E-state index contributed by atoms with van der Waals surface area (Å²) in [4.78, 5) is 9.32. The smallest absolute Gasteiger partial charge is 0.0732 e. The number of pyridine rings is 2. The average Bonchev–Trinajstić information content (AvgIpc) is 2.66. The molecule has 0 atom stereocenters. The molecule has 150 valence electrons. The van der Waals surface area contributed by atoms with E-state index in [9.17, 15) is 0 Å². The molecule has 0 spiro atoms. The molecule has 30 heavy (non-hydrogen) atoms. The van der Waals surface area contributed by atoms with Crippen molar-refractivity contribution in [3.05, 3.63) is 92.1 Å². The molecule has 0 bridgehead atoms. The molecular formula is C24H16Cl4N2. The van der Waals surface area contributed by atoms with Crippen LogP contribution in [-0.2, 0) is 0 Å². The molecule has 2 nitrogen and oxygen atoms in total. The van der Waals surface area contributed by atoms with Gasteiger partial charge in [-0.3, -0.25) is 9.97 Å². The highest BCUT2D eigenvalue weighted by molar-refractivity contribution is 6.35. The first kappa shape index (κ1) is 21.1. The Morgan fingerprint density at radius 3 is 1.10 bits per heavy atom. The minimum Gasteiger partial charge on any atom is -0.255 e. The summed E-state index contributed by atoms with van der Waals surface area (Å²) >= 11 is 24.6. The van der Waals surface area contributed by atoms with Gasteiger partial charge >= 0.3 is 0 Å². The van der Waals surface area contributed by atoms with Crippen LogP contribution in [0.1, 0.15) is 11.1 Å². The Kier molecular flexibility index (Phi) is 6.04. The van der Waals surface area contributed by atoms with E-state index >= 15 is 0 Å². The van der Waals surface area contributed by atoms with E-state index in [-0.39, 0.29) is 0 Å². The van der Waals surface area contributed by atoms with Gasteiger partial charge in [-0.1, -0.05) is 46.4 Å². The van der Waals surface area contributed by atoms with Crippen molar-refractivity contribution < 1.29 is 0 Å². The van der Waals surface area contributed by atoms with Crippen LogP contribution in [0, 0.1) is 13.8 Å². The minimum absolute atomic E-state index is 0.583. The molecule has 2 aromatic carbocycles. The molecule has 2 heterocycles. The average molecular weight is 474 g/mol. The zero-order valence-electron chi connectivity index (χ0n) is 16.2. The van der Waals surface area contributed by atoms with Crippen molar-refractivity contribution in [3.63, 3.8) is 0 Å². The molecule has 0 aliphatic rings. The Labute approximate surface area is 195 Å². The van der Waals surface area contributed by atoms with Gasteiger partial charge in [0.05, 0.1) is 11.4 Å². The van der Waals surface area contributed by atoms with Crippen LogP contribution in [0.25, 0.3) is 33.6 Å². The summed E-state index contributed by atoms with van der Waals surface area (Å²) in [6.45, 7) is 4.03. The van der Waals surface area contributed by atoms with Gasteiger partial charge < -0.3 is 0 Å². The standard InChI is InChI=1S/C24H16Cl4N2/c1-13-3-17(11-29-23(13)15-5-19(25)9-20(26)6-15)18-4-14(2)24(30-12-18)16-7-21(27)10-22(28)8-16/h3-12H,1-2H3. The maximum atomic E-state index is 6.14. The molecule has 0 fully saturated rings. The van der Waals surface area contributed by atoms with E-state index in [1.807, 2.05) is 50.5 Å². The van der Waals surface area contributed by atoms with E-state index in [4.69, 9.17) is 46.4 Å². The second-order valence-corrected chi connectivity index (χ2v) is 8.84. The van der Waals surface area contributed by atoms with Crippen LogP contribution in [-0.4, -0.2) is 9.97 Å². The van der Waals surface area contributed by atoms with Crippen molar-refractivity contribution in [2.24, 2.45) is 0 Å². The third-order valence-electron chi connectivity index (χ3n) is 4.76.